The molecule has 4 nitrogen and oxygen atoms in total. The maximum absolute atomic E-state index is 12.3. The number of nitrogens with zero attached hydrogens (tertiary/aromatic N) is 1. The highest BCUT2D eigenvalue weighted by molar-refractivity contribution is 6.29. The van der Waals surface area contributed by atoms with Crippen LogP contribution in [0.5, 0.6) is 0 Å². The van der Waals surface area contributed by atoms with Gasteiger partial charge < -0.3 is 11.1 Å². The number of halogens is 1. The molecule has 2 unspecified atom stereocenters. The Bertz CT molecular complexity index is 477. The van der Waals surface area contributed by atoms with Crippen LogP contribution in [0, 0.1) is 12.3 Å². The molecule has 0 saturated heterocycles. The molecule has 2 rings (SSSR count). The third-order valence-electron chi connectivity index (χ3n) is 3.85. The average Bonchev–Trinajstić information content (AvgIpc) is 2.64. The first-order valence-corrected chi connectivity index (χ1v) is 6.51. The van der Waals surface area contributed by atoms with Crippen LogP contribution in [0.25, 0.3) is 0 Å². The lowest BCUT2D eigenvalue weighted by molar-refractivity contribution is -0.125. The molecule has 1 fully saturated rings. The molecule has 0 radical (unpaired) electrons. The molecule has 1 saturated carbocycles. The number of nitrogens with two attached hydrogens (primary N) is 1. The quantitative estimate of drug-likeness (QED) is 0.809. The molecule has 2 atom stereocenters. The van der Waals surface area contributed by atoms with Gasteiger partial charge in [-0.3, -0.25) is 4.79 Å². The Morgan fingerprint density at radius 2 is 2.33 bits per heavy atom. The molecule has 98 valence electrons. The number of carbonyl (C=O) groups is 1. The highest BCUT2D eigenvalue weighted by atomic mass is 35.5. The zero-order chi connectivity index (χ0) is 13.3. The van der Waals surface area contributed by atoms with Crippen molar-refractivity contribution >= 4 is 23.2 Å². The molecule has 0 aliphatic heterocycles. The summed E-state index contributed by atoms with van der Waals surface area (Å²) in [4.78, 5) is 16.4. The van der Waals surface area contributed by atoms with Crippen molar-refractivity contribution in [3.8, 4) is 0 Å². The summed E-state index contributed by atoms with van der Waals surface area (Å²) in [5.41, 5.74) is 6.97. The monoisotopic (exact) mass is 267 g/mol. The van der Waals surface area contributed by atoms with Crippen LogP contribution in [-0.4, -0.2) is 16.9 Å². The van der Waals surface area contributed by atoms with E-state index in [2.05, 4.69) is 10.3 Å². The second-order valence-corrected chi connectivity index (χ2v) is 5.52. The summed E-state index contributed by atoms with van der Waals surface area (Å²) in [5, 5.41) is 3.34. The highest BCUT2D eigenvalue weighted by Crippen LogP contribution is 2.37. The van der Waals surface area contributed by atoms with Crippen LogP contribution in [-0.2, 0) is 4.79 Å². The number of anilines is 1. The zero-order valence-corrected chi connectivity index (χ0v) is 11.4. The maximum Gasteiger partial charge on any atom is 0.231 e. The number of aryl methyl sites for hydroxylation is 1. The van der Waals surface area contributed by atoms with Crippen molar-refractivity contribution in [2.24, 2.45) is 11.1 Å². The number of carbonyl (C=O) groups excluding carboxylic acids is 1. The first-order valence-electron chi connectivity index (χ1n) is 6.13. The highest BCUT2D eigenvalue weighted by Gasteiger charge is 2.43. The minimum atomic E-state index is -0.480. The minimum absolute atomic E-state index is 0.0280. The largest absolute Gasteiger partial charge is 0.327 e. The lowest BCUT2D eigenvalue weighted by atomic mass is 9.84. The lowest BCUT2D eigenvalue weighted by Gasteiger charge is -2.27. The number of rotatable bonds is 2. The van der Waals surface area contributed by atoms with Gasteiger partial charge in [-0.05, 0) is 38.8 Å². The number of aromatic nitrogens is 1. The number of amides is 1. The van der Waals surface area contributed by atoms with E-state index in [1.807, 2.05) is 13.8 Å². The van der Waals surface area contributed by atoms with Gasteiger partial charge in [-0.1, -0.05) is 18.0 Å². The van der Waals surface area contributed by atoms with Crippen molar-refractivity contribution in [1.29, 1.82) is 0 Å². The van der Waals surface area contributed by atoms with E-state index in [1.165, 1.54) is 0 Å². The first-order chi connectivity index (χ1) is 8.43. The maximum atomic E-state index is 12.3. The molecule has 1 amide bonds. The number of nitrogens with one attached hydrogen (secondary N) is 1. The summed E-state index contributed by atoms with van der Waals surface area (Å²) in [6.07, 6.45) is 2.74. The molecule has 5 heteroatoms. The number of hydrogen-bond donors (Lipinski definition) is 2. The third kappa shape index (κ3) is 2.35. The van der Waals surface area contributed by atoms with Gasteiger partial charge >= 0.3 is 0 Å². The number of hydrogen-bond acceptors (Lipinski definition) is 3. The van der Waals surface area contributed by atoms with E-state index in [1.54, 1.807) is 12.1 Å². The number of pyridine rings is 1. The summed E-state index contributed by atoms with van der Waals surface area (Å²) in [6.45, 7) is 3.75. The molecule has 1 aliphatic rings. The van der Waals surface area contributed by atoms with E-state index in [9.17, 15) is 4.79 Å². The van der Waals surface area contributed by atoms with Crippen molar-refractivity contribution < 1.29 is 4.79 Å². The second kappa shape index (κ2) is 4.86. The Kier molecular flexibility index (Phi) is 3.59. The Balaban J connectivity index is 2.16. The summed E-state index contributed by atoms with van der Waals surface area (Å²) in [5.74, 6) is -0.0280. The SMILES string of the molecule is Cc1nc(Cl)ccc1NC(=O)C1(C)CCCC1N. The molecule has 0 aromatic carbocycles. The predicted octanol–water partition coefficient (Wildman–Crippen LogP) is 2.50. The third-order valence-corrected chi connectivity index (χ3v) is 4.06. The van der Waals surface area contributed by atoms with Crippen LogP contribution in [0.15, 0.2) is 12.1 Å². The molecule has 0 bridgehead atoms. The van der Waals surface area contributed by atoms with Crippen LogP contribution in [0.2, 0.25) is 5.15 Å². The van der Waals surface area contributed by atoms with Gasteiger partial charge in [-0.2, -0.15) is 0 Å². The molecule has 1 aromatic rings. The van der Waals surface area contributed by atoms with E-state index in [0.717, 1.165) is 19.3 Å². The van der Waals surface area contributed by atoms with Crippen LogP contribution >= 0.6 is 11.6 Å². The molecule has 18 heavy (non-hydrogen) atoms. The Hall–Kier alpha value is -1.13. The average molecular weight is 268 g/mol. The van der Waals surface area contributed by atoms with E-state index in [0.29, 0.717) is 16.5 Å². The normalized spacial score (nSPS) is 27.2. The van der Waals surface area contributed by atoms with Crippen molar-refractivity contribution in [3.05, 3.63) is 23.0 Å². The topological polar surface area (TPSA) is 68.0 Å². The summed E-state index contributed by atoms with van der Waals surface area (Å²) >= 11 is 5.79. The standard InChI is InChI=1S/C13H18ClN3O/c1-8-9(5-6-11(14)16-8)17-12(18)13(2)7-3-4-10(13)15/h5-6,10H,3-4,7,15H2,1-2H3,(H,17,18). The van der Waals surface area contributed by atoms with Gasteiger partial charge in [-0.15, -0.1) is 0 Å². The fourth-order valence-corrected chi connectivity index (χ4v) is 2.59. The van der Waals surface area contributed by atoms with Crippen molar-refractivity contribution in [1.82, 2.24) is 4.98 Å². The Labute approximate surface area is 112 Å². The zero-order valence-electron chi connectivity index (χ0n) is 10.7. The van der Waals surface area contributed by atoms with E-state index in [-0.39, 0.29) is 11.9 Å². The second-order valence-electron chi connectivity index (χ2n) is 5.14. The minimum Gasteiger partial charge on any atom is -0.327 e. The van der Waals surface area contributed by atoms with Gasteiger partial charge in [0.25, 0.3) is 0 Å². The fourth-order valence-electron chi connectivity index (χ4n) is 2.40. The lowest BCUT2D eigenvalue weighted by Crippen LogP contribution is -2.44. The van der Waals surface area contributed by atoms with Gasteiger partial charge in [0.2, 0.25) is 5.91 Å². The van der Waals surface area contributed by atoms with Crippen molar-refractivity contribution in [2.75, 3.05) is 5.32 Å². The van der Waals surface area contributed by atoms with Gasteiger partial charge in [0.15, 0.2) is 0 Å². The molecule has 1 aromatic heterocycles. The smallest absolute Gasteiger partial charge is 0.231 e. The first kappa shape index (κ1) is 13.3. The van der Waals surface area contributed by atoms with E-state index in [4.69, 9.17) is 17.3 Å². The van der Waals surface area contributed by atoms with Gasteiger partial charge in [0.05, 0.1) is 16.8 Å². The molecule has 1 aliphatic carbocycles. The van der Waals surface area contributed by atoms with Gasteiger partial charge in [0.1, 0.15) is 5.15 Å². The predicted molar refractivity (Wildman–Crippen MR) is 72.5 cm³/mol. The van der Waals surface area contributed by atoms with E-state index < -0.39 is 5.41 Å². The van der Waals surface area contributed by atoms with Crippen LogP contribution < -0.4 is 11.1 Å². The van der Waals surface area contributed by atoms with Crippen LogP contribution in [0.3, 0.4) is 0 Å². The molecular weight excluding hydrogens is 250 g/mol. The molecule has 0 spiro atoms. The summed E-state index contributed by atoms with van der Waals surface area (Å²) in [6, 6.07) is 3.37. The van der Waals surface area contributed by atoms with E-state index >= 15 is 0 Å². The van der Waals surface area contributed by atoms with Crippen molar-refractivity contribution in [3.63, 3.8) is 0 Å². The fraction of sp³-hybridized carbons (Fsp3) is 0.538. The van der Waals surface area contributed by atoms with Crippen LogP contribution in [0.4, 0.5) is 5.69 Å². The Morgan fingerprint density at radius 3 is 2.89 bits per heavy atom. The van der Waals surface area contributed by atoms with Crippen LogP contribution in [0.1, 0.15) is 31.9 Å². The summed E-state index contributed by atoms with van der Waals surface area (Å²) in [7, 11) is 0. The Morgan fingerprint density at radius 1 is 1.61 bits per heavy atom. The van der Waals surface area contributed by atoms with Gasteiger partial charge in [0, 0.05) is 6.04 Å². The van der Waals surface area contributed by atoms with Gasteiger partial charge in [-0.25, -0.2) is 4.98 Å². The summed E-state index contributed by atoms with van der Waals surface area (Å²) < 4.78 is 0. The molecule has 1 heterocycles. The van der Waals surface area contributed by atoms with Crippen molar-refractivity contribution in [2.45, 2.75) is 39.2 Å². The molecular formula is C13H18ClN3O. The molecule has 3 N–H and O–H groups in total.